The Kier molecular flexibility index (Phi) is 4.58. The monoisotopic (exact) mass is 314 g/mol. The fourth-order valence-corrected chi connectivity index (χ4v) is 3.28. The predicted octanol–water partition coefficient (Wildman–Crippen LogP) is 4.16. The highest BCUT2D eigenvalue weighted by molar-refractivity contribution is 7.10. The van der Waals surface area contributed by atoms with Crippen LogP contribution in [0.2, 0.25) is 0 Å². The zero-order valence-electron chi connectivity index (χ0n) is 11.8. The van der Waals surface area contributed by atoms with E-state index in [1.165, 1.54) is 16.5 Å². The first-order chi connectivity index (χ1) is 9.82. The predicted molar refractivity (Wildman–Crippen MR) is 80.4 cm³/mol. The number of hydrogen-bond donors (Lipinski definition) is 2. The second-order valence-electron chi connectivity index (χ2n) is 4.92. The Morgan fingerprint density at radius 1 is 1.29 bits per heavy atom. The van der Waals surface area contributed by atoms with Crippen LogP contribution in [-0.2, 0) is 12.6 Å². The smallest absolute Gasteiger partial charge is 0.398 e. The van der Waals surface area contributed by atoms with Gasteiger partial charge in [-0.15, -0.1) is 11.3 Å². The van der Waals surface area contributed by atoms with Crippen LogP contribution in [0.15, 0.2) is 29.6 Å². The van der Waals surface area contributed by atoms with Crippen LogP contribution < -0.4 is 11.1 Å². The van der Waals surface area contributed by atoms with Gasteiger partial charge in [0.15, 0.2) is 0 Å². The van der Waals surface area contributed by atoms with E-state index in [0.29, 0.717) is 6.42 Å². The lowest BCUT2D eigenvalue weighted by atomic mass is 9.99. The molecule has 2 rings (SSSR count). The maximum Gasteiger partial charge on any atom is 0.416 e. The molecule has 1 aromatic carbocycles. The van der Waals surface area contributed by atoms with Gasteiger partial charge in [-0.3, -0.25) is 0 Å². The van der Waals surface area contributed by atoms with Crippen LogP contribution in [-0.4, -0.2) is 7.05 Å². The van der Waals surface area contributed by atoms with E-state index < -0.39 is 11.7 Å². The first-order valence-corrected chi connectivity index (χ1v) is 7.37. The van der Waals surface area contributed by atoms with Crippen molar-refractivity contribution in [3.63, 3.8) is 0 Å². The van der Waals surface area contributed by atoms with E-state index in [4.69, 9.17) is 5.73 Å². The molecule has 0 spiro atoms. The Hall–Kier alpha value is -1.53. The first-order valence-electron chi connectivity index (χ1n) is 6.49. The highest BCUT2D eigenvalue weighted by atomic mass is 32.1. The van der Waals surface area contributed by atoms with Crippen molar-refractivity contribution in [2.24, 2.45) is 0 Å². The molecule has 0 fully saturated rings. The van der Waals surface area contributed by atoms with Crippen LogP contribution in [0.5, 0.6) is 0 Å². The maximum atomic E-state index is 12.6. The van der Waals surface area contributed by atoms with Crippen molar-refractivity contribution in [2.45, 2.75) is 25.6 Å². The average Bonchev–Trinajstić information content (AvgIpc) is 2.82. The first kappa shape index (κ1) is 15.9. The molecular weight excluding hydrogens is 297 g/mol. The van der Waals surface area contributed by atoms with Gasteiger partial charge in [-0.1, -0.05) is 6.07 Å². The van der Waals surface area contributed by atoms with Crippen LogP contribution in [0.25, 0.3) is 0 Å². The Morgan fingerprint density at radius 3 is 2.48 bits per heavy atom. The van der Waals surface area contributed by atoms with Gasteiger partial charge in [0.2, 0.25) is 0 Å². The summed E-state index contributed by atoms with van der Waals surface area (Å²) in [6.07, 6.45) is -3.80. The Balaban J connectivity index is 2.25. The Labute approximate surface area is 125 Å². The normalized spacial score (nSPS) is 13.4. The molecule has 2 nitrogen and oxygen atoms in total. The van der Waals surface area contributed by atoms with Crippen molar-refractivity contribution in [3.8, 4) is 0 Å². The number of thiophene rings is 1. The van der Waals surface area contributed by atoms with E-state index in [2.05, 4.69) is 5.32 Å². The highest BCUT2D eigenvalue weighted by Gasteiger charge is 2.31. The van der Waals surface area contributed by atoms with Gasteiger partial charge in [-0.2, -0.15) is 13.2 Å². The number of alkyl halides is 3. The number of nitrogens with one attached hydrogen (secondary N) is 1. The molecular formula is C15H17F3N2S. The van der Waals surface area contributed by atoms with Crippen molar-refractivity contribution < 1.29 is 13.2 Å². The van der Waals surface area contributed by atoms with Crippen molar-refractivity contribution in [3.05, 3.63) is 51.2 Å². The summed E-state index contributed by atoms with van der Waals surface area (Å²) < 4.78 is 37.9. The molecule has 0 amide bonds. The molecule has 1 aromatic heterocycles. The van der Waals surface area contributed by atoms with E-state index in [1.54, 1.807) is 11.3 Å². The Bertz CT molecular complexity index is 620. The number of likely N-dealkylation sites (N-methyl/N-ethyl adjacent to an activating group) is 1. The minimum Gasteiger partial charge on any atom is -0.398 e. The van der Waals surface area contributed by atoms with E-state index in [9.17, 15) is 13.2 Å². The molecule has 0 aliphatic rings. The molecule has 6 heteroatoms. The number of anilines is 1. The number of hydrogen-bond acceptors (Lipinski definition) is 3. The van der Waals surface area contributed by atoms with Crippen molar-refractivity contribution in [2.75, 3.05) is 12.8 Å². The number of aryl methyl sites for hydroxylation is 1. The lowest BCUT2D eigenvalue weighted by molar-refractivity contribution is -0.137. The summed E-state index contributed by atoms with van der Waals surface area (Å²) in [6.45, 7) is 2.02. The summed E-state index contributed by atoms with van der Waals surface area (Å²) in [5.41, 5.74) is 7.15. The van der Waals surface area contributed by atoms with Gasteiger partial charge in [0.25, 0.3) is 0 Å². The Morgan fingerprint density at radius 2 is 2.00 bits per heavy atom. The molecule has 0 saturated heterocycles. The second-order valence-corrected chi connectivity index (χ2v) is 5.87. The third kappa shape index (κ3) is 3.57. The molecule has 21 heavy (non-hydrogen) atoms. The van der Waals surface area contributed by atoms with Gasteiger partial charge in [0, 0.05) is 16.6 Å². The van der Waals surface area contributed by atoms with Gasteiger partial charge >= 0.3 is 6.18 Å². The number of rotatable bonds is 4. The largest absolute Gasteiger partial charge is 0.416 e. The fourth-order valence-electron chi connectivity index (χ4n) is 2.24. The summed E-state index contributed by atoms with van der Waals surface area (Å²) in [6, 6.07) is 5.62. The number of benzene rings is 1. The molecule has 2 aromatic rings. The van der Waals surface area contributed by atoms with Crippen molar-refractivity contribution in [1.82, 2.24) is 5.32 Å². The molecule has 114 valence electrons. The highest BCUT2D eigenvalue weighted by Crippen LogP contribution is 2.33. The maximum absolute atomic E-state index is 12.6. The molecule has 0 aliphatic heterocycles. The third-order valence-electron chi connectivity index (χ3n) is 3.46. The van der Waals surface area contributed by atoms with Crippen LogP contribution in [0.3, 0.4) is 0 Å². The lowest BCUT2D eigenvalue weighted by Gasteiger charge is -2.18. The topological polar surface area (TPSA) is 38.0 Å². The summed E-state index contributed by atoms with van der Waals surface area (Å²) in [7, 11) is 1.84. The van der Waals surface area contributed by atoms with Crippen LogP contribution in [0.1, 0.15) is 27.6 Å². The average molecular weight is 314 g/mol. The van der Waals surface area contributed by atoms with Gasteiger partial charge in [-0.05, 0) is 55.1 Å². The molecule has 0 saturated carbocycles. The van der Waals surface area contributed by atoms with Crippen molar-refractivity contribution >= 4 is 17.0 Å². The lowest BCUT2D eigenvalue weighted by Crippen LogP contribution is -2.19. The molecule has 1 atom stereocenters. The minimum atomic E-state index is -4.36. The summed E-state index contributed by atoms with van der Waals surface area (Å²) in [4.78, 5) is 1.18. The van der Waals surface area contributed by atoms with Gasteiger partial charge < -0.3 is 11.1 Å². The van der Waals surface area contributed by atoms with E-state index >= 15 is 0 Å². The second kappa shape index (κ2) is 6.07. The third-order valence-corrected chi connectivity index (χ3v) is 4.60. The van der Waals surface area contributed by atoms with E-state index in [-0.39, 0.29) is 11.7 Å². The van der Waals surface area contributed by atoms with Gasteiger partial charge in [0.05, 0.1) is 5.56 Å². The molecule has 0 bridgehead atoms. The minimum absolute atomic E-state index is 0.0454. The van der Waals surface area contributed by atoms with Gasteiger partial charge in [-0.25, -0.2) is 0 Å². The standard InChI is InChI=1S/C15H17F3N2S/c1-9-5-6-21-14(9)13(20-2)7-10-3-4-11(8-12(10)19)15(16,17)18/h3-6,8,13,20H,7,19H2,1-2H3/t13-/m0/s1. The zero-order chi connectivity index (χ0) is 15.6. The van der Waals surface area contributed by atoms with Crippen LogP contribution >= 0.6 is 11.3 Å². The van der Waals surface area contributed by atoms with Gasteiger partial charge in [0.1, 0.15) is 0 Å². The zero-order valence-corrected chi connectivity index (χ0v) is 12.6. The number of nitrogen functional groups attached to an aromatic ring is 1. The summed E-state index contributed by atoms with van der Waals surface area (Å²) >= 11 is 1.63. The quantitative estimate of drug-likeness (QED) is 0.832. The molecule has 1 heterocycles. The SMILES string of the molecule is CN[C@@H](Cc1ccc(C(F)(F)F)cc1N)c1sccc1C. The van der Waals surface area contributed by atoms with Crippen LogP contribution in [0, 0.1) is 6.92 Å². The van der Waals surface area contributed by atoms with Crippen LogP contribution in [0.4, 0.5) is 18.9 Å². The molecule has 0 aliphatic carbocycles. The van der Waals surface area contributed by atoms with Crippen molar-refractivity contribution in [1.29, 1.82) is 0 Å². The molecule has 0 radical (unpaired) electrons. The van der Waals surface area contributed by atoms with E-state index in [0.717, 1.165) is 17.7 Å². The fraction of sp³-hybridized carbons (Fsp3) is 0.333. The molecule has 3 N–H and O–H groups in total. The number of halogens is 3. The summed E-state index contributed by atoms with van der Waals surface area (Å²) in [5.74, 6) is 0. The summed E-state index contributed by atoms with van der Waals surface area (Å²) in [5, 5.41) is 5.20. The number of nitrogens with two attached hydrogens (primary N) is 1. The van der Waals surface area contributed by atoms with E-state index in [1.807, 2.05) is 25.4 Å². The molecule has 0 unspecified atom stereocenters.